The maximum atomic E-state index is 13.9. The number of pyridine rings is 1. The Labute approximate surface area is 253 Å². The first-order chi connectivity index (χ1) is 20.7. The van der Waals surface area contributed by atoms with E-state index in [2.05, 4.69) is 30.7 Å². The van der Waals surface area contributed by atoms with Crippen molar-refractivity contribution in [3.05, 3.63) is 87.4 Å². The van der Waals surface area contributed by atoms with Crippen LogP contribution >= 0.6 is 23.2 Å². The van der Waals surface area contributed by atoms with Gasteiger partial charge in [-0.15, -0.1) is 5.10 Å². The average molecular weight is 626 g/mol. The van der Waals surface area contributed by atoms with Gasteiger partial charge in [0.1, 0.15) is 5.69 Å². The van der Waals surface area contributed by atoms with E-state index in [1.54, 1.807) is 37.3 Å². The summed E-state index contributed by atoms with van der Waals surface area (Å²) >= 11 is 12.3. The number of carbonyl (C=O) groups is 1. The van der Waals surface area contributed by atoms with Crippen molar-refractivity contribution in [2.24, 2.45) is 5.92 Å². The first-order valence-electron chi connectivity index (χ1n) is 13.3. The highest BCUT2D eigenvalue weighted by molar-refractivity contribution is 6.31. The molecule has 5 heterocycles. The largest absolute Gasteiger partial charge is 0.333 e. The number of alkyl halides is 2. The number of amides is 1. The molecule has 1 N–H and O–H groups in total. The third-order valence-corrected chi connectivity index (χ3v) is 7.74. The van der Waals surface area contributed by atoms with Crippen LogP contribution in [0.15, 0.2) is 66.1 Å². The number of halogens is 4. The second kappa shape index (κ2) is 11.7. The Morgan fingerprint density at radius 1 is 1.05 bits per heavy atom. The Bertz CT molecular complexity index is 1890. The van der Waals surface area contributed by atoms with Gasteiger partial charge in [-0.3, -0.25) is 19.1 Å². The van der Waals surface area contributed by atoms with Crippen LogP contribution in [-0.4, -0.2) is 45.2 Å². The number of aromatic nitrogens is 8. The fourth-order valence-electron chi connectivity index (χ4n) is 5.18. The summed E-state index contributed by atoms with van der Waals surface area (Å²) in [6.45, 7) is -1.20. The number of rotatable bonds is 4. The van der Waals surface area contributed by atoms with E-state index in [0.29, 0.717) is 51.5 Å². The molecular weight excluding hydrogens is 603 g/mol. The monoisotopic (exact) mass is 625 g/mol. The Kier molecular flexibility index (Phi) is 7.75. The smallest absolute Gasteiger partial charge is 0.323 e. The molecule has 6 rings (SSSR count). The lowest BCUT2D eigenvalue weighted by Gasteiger charge is -2.23. The molecule has 0 fully saturated rings. The first kappa shape index (κ1) is 28.6. The van der Waals surface area contributed by atoms with Crippen LogP contribution < -0.4 is 10.9 Å². The number of hydrogen-bond donors (Lipinski definition) is 1. The van der Waals surface area contributed by atoms with Crippen LogP contribution in [0, 0.1) is 5.92 Å². The minimum atomic E-state index is -2.96. The molecule has 5 aromatic rings. The van der Waals surface area contributed by atoms with Gasteiger partial charge in [0.15, 0.2) is 5.15 Å². The topological polar surface area (TPSA) is 125 Å². The molecule has 1 aliphatic rings. The SMILES string of the molecule is CC1CCCC(n2cnc(-c3cc(Cl)ccc3-n3cc(Cl)nn3)cc2=O)c2ccnc(c2)-c2c(cnn2C(F)F)NC1=O. The maximum absolute atomic E-state index is 13.9. The van der Waals surface area contributed by atoms with Gasteiger partial charge in [0.05, 0.1) is 47.5 Å². The van der Waals surface area contributed by atoms with Crippen molar-refractivity contribution < 1.29 is 13.6 Å². The molecule has 2 unspecified atom stereocenters. The number of nitrogens with zero attached hydrogens (tertiary/aromatic N) is 8. The van der Waals surface area contributed by atoms with E-state index in [9.17, 15) is 18.4 Å². The lowest BCUT2D eigenvalue weighted by molar-refractivity contribution is -0.119. The van der Waals surface area contributed by atoms with Crippen molar-refractivity contribution in [2.75, 3.05) is 5.32 Å². The van der Waals surface area contributed by atoms with Gasteiger partial charge < -0.3 is 5.32 Å². The number of carbonyl (C=O) groups excluding carboxylic acids is 1. The summed E-state index contributed by atoms with van der Waals surface area (Å²) in [4.78, 5) is 35.5. The highest BCUT2D eigenvalue weighted by atomic mass is 35.5. The van der Waals surface area contributed by atoms with Gasteiger partial charge in [0, 0.05) is 28.8 Å². The summed E-state index contributed by atoms with van der Waals surface area (Å²) in [7, 11) is 0. The predicted octanol–water partition coefficient (Wildman–Crippen LogP) is 5.80. The van der Waals surface area contributed by atoms with Crippen LogP contribution in [-0.2, 0) is 4.79 Å². The van der Waals surface area contributed by atoms with Gasteiger partial charge in [0.2, 0.25) is 5.91 Å². The first-order valence-corrected chi connectivity index (χ1v) is 14.0. The highest BCUT2D eigenvalue weighted by Gasteiger charge is 2.26. The number of fused-ring (bicyclic) bond motifs is 4. The zero-order valence-corrected chi connectivity index (χ0v) is 24.0. The van der Waals surface area contributed by atoms with Crippen LogP contribution in [0.2, 0.25) is 10.2 Å². The Balaban J connectivity index is 1.45. The normalized spacial score (nSPS) is 17.2. The molecule has 220 valence electrons. The molecule has 1 amide bonds. The minimum absolute atomic E-state index is 0.0285. The standard InChI is InChI=1S/C28H23Cl2F2N9O2/c1-15-3-2-4-22(16-7-8-33-20(9-16)26-21(36-27(15)43)12-35-41(26)28(31)32)39-14-34-19(11-25(39)42)18-10-17(29)5-6-23(18)40-13-24(30)37-38-40/h5-15,22,28H,2-4H2,1H3,(H,36,43). The van der Waals surface area contributed by atoms with E-state index < -0.39 is 18.5 Å². The fraction of sp³-hybridized carbons (Fsp3) is 0.250. The average Bonchev–Trinajstić information content (AvgIpc) is 3.61. The second-order valence-electron chi connectivity index (χ2n) is 10.1. The van der Waals surface area contributed by atoms with Crippen LogP contribution in [0.3, 0.4) is 0 Å². The summed E-state index contributed by atoms with van der Waals surface area (Å²) in [5, 5.41) is 15.0. The molecule has 0 radical (unpaired) electrons. The molecule has 2 bridgehead atoms. The zero-order chi connectivity index (χ0) is 30.2. The summed E-state index contributed by atoms with van der Waals surface area (Å²) in [6.07, 6.45) is 7.21. The van der Waals surface area contributed by atoms with Crippen molar-refractivity contribution in [1.29, 1.82) is 0 Å². The van der Waals surface area contributed by atoms with Crippen LogP contribution in [0.25, 0.3) is 28.3 Å². The van der Waals surface area contributed by atoms with Gasteiger partial charge in [-0.2, -0.15) is 18.6 Å². The van der Waals surface area contributed by atoms with Gasteiger partial charge in [-0.25, -0.2) is 9.67 Å². The quantitative estimate of drug-likeness (QED) is 0.267. The van der Waals surface area contributed by atoms with E-state index in [-0.39, 0.29) is 33.7 Å². The fourth-order valence-corrected chi connectivity index (χ4v) is 5.48. The van der Waals surface area contributed by atoms with Crippen LogP contribution in [0.1, 0.15) is 44.3 Å². The molecular formula is C28H23Cl2F2N9O2. The van der Waals surface area contributed by atoms with Gasteiger partial charge in [-0.05, 0) is 48.7 Å². The Morgan fingerprint density at radius 3 is 2.63 bits per heavy atom. The van der Waals surface area contributed by atoms with Crippen molar-refractivity contribution in [2.45, 2.75) is 38.8 Å². The molecule has 0 saturated heterocycles. The Morgan fingerprint density at radius 2 is 1.88 bits per heavy atom. The molecule has 0 aliphatic carbocycles. The molecule has 2 atom stereocenters. The Hall–Kier alpha value is -4.49. The van der Waals surface area contributed by atoms with E-state index >= 15 is 0 Å². The van der Waals surface area contributed by atoms with E-state index in [4.69, 9.17) is 23.2 Å². The maximum Gasteiger partial charge on any atom is 0.333 e. The summed E-state index contributed by atoms with van der Waals surface area (Å²) in [5.74, 6) is -0.740. The number of hydrogen-bond acceptors (Lipinski definition) is 7. The predicted molar refractivity (Wildman–Crippen MR) is 155 cm³/mol. The van der Waals surface area contributed by atoms with Gasteiger partial charge >= 0.3 is 6.55 Å². The van der Waals surface area contributed by atoms with Gasteiger partial charge in [-0.1, -0.05) is 41.8 Å². The molecule has 15 heteroatoms. The van der Waals surface area contributed by atoms with E-state index in [1.165, 1.54) is 40.2 Å². The highest BCUT2D eigenvalue weighted by Crippen LogP contribution is 2.35. The van der Waals surface area contributed by atoms with Crippen LogP contribution in [0.5, 0.6) is 0 Å². The summed E-state index contributed by atoms with van der Waals surface area (Å²) < 4.78 is 31.3. The number of anilines is 1. The van der Waals surface area contributed by atoms with Crippen molar-refractivity contribution in [3.8, 4) is 28.3 Å². The van der Waals surface area contributed by atoms with E-state index in [0.717, 1.165) is 0 Å². The molecule has 1 aliphatic heterocycles. The van der Waals surface area contributed by atoms with Gasteiger partial charge in [0.25, 0.3) is 5.56 Å². The number of nitrogens with one attached hydrogen (secondary N) is 1. The van der Waals surface area contributed by atoms with E-state index in [1.807, 2.05) is 0 Å². The summed E-state index contributed by atoms with van der Waals surface area (Å²) in [5.41, 5.74) is 2.04. The minimum Gasteiger partial charge on any atom is -0.323 e. The van der Waals surface area contributed by atoms with Crippen molar-refractivity contribution >= 4 is 34.8 Å². The molecule has 0 saturated carbocycles. The second-order valence-corrected chi connectivity index (χ2v) is 10.9. The third-order valence-electron chi connectivity index (χ3n) is 7.33. The lowest BCUT2D eigenvalue weighted by Crippen LogP contribution is -2.26. The van der Waals surface area contributed by atoms with Crippen LogP contribution in [0.4, 0.5) is 14.5 Å². The molecule has 11 nitrogen and oxygen atoms in total. The van der Waals surface area contributed by atoms with Crippen molar-refractivity contribution in [3.63, 3.8) is 0 Å². The third kappa shape index (κ3) is 5.65. The number of benzene rings is 1. The zero-order valence-electron chi connectivity index (χ0n) is 22.5. The molecule has 1 aromatic carbocycles. The molecule has 4 aromatic heterocycles. The molecule has 0 spiro atoms. The van der Waals surface area contributed by atoms with Crippen molar-refractivity contribution in [1.82, 2.24) is 39.3 Å². The summed E-state index contributed by atoms with van der Waals surface area (Å²) in [6, 6.07) is 9.29. The molecule has 43 heavy (non-hydrogen) atoms. The lowest BCUT2D eigenvalue weighted by atomic mass is 9.95.